The van der Waals surface area contributed by atoms with Crippen molar-refractivity contribution < 1.29 is 4.79 Å². The van der Waals surface area contributed by atoms with Gasteiger partial charge in [-0.2, -0.15) is 0 Å². The van der Waals surface area contributed by atoms with Gasteiger partial charge < -0.3 is 9.69 Å². The van der Waals surface area contributed by atoms with Gasteiger partial charge in [0.1, 0.15) is 5.78 Å². The van der Waals surface area contributed by atoms with Gasteiger partial charge in [0.25, 0.3) is 0 Å². The summed E-state index contributed by atoms with van der Waals surface area (Å²) in [5.74, 6) is 0.275. The van der Waals surface area contributed by atoms with E-state index in [1.54, 1.807) is 6.92 Å². The second-order valence-electron chi connectivity index (χ2n) is 4.17. The number of ketones is 1. The van der Waals surface area contributed by atoms with E-state index in [-0.39, 0.29) is 5.78 Å². The number of carbonyl (C=O) groups is 1. The van der Waals surface area contributed by atoms with E-state index in [1.165, 1.54) is 5.56 Å². The SMILES string of the molecule is CC(=O)CCCN(C)Cc1ccc(Br)cc1. The number of halogens is 1. The van der Waals surface area contributed by atoms with Gasteiger partial charge in [-0.1, -0.05) is 28.1 Å². The first-order chi connectivity index (χ1) is 7.58. The van der Waals surface area contributed by atoms with E-state index in [1.807, 2.05) is 0 Å². The first-order valence-corrected chi connectivity index (χ1v) is 6.29. The van der Waals surface area contributed by atoms with Crippen molar-refractivity contribution in [1.29, 1.82) is 0 Å². The Kier molecular flexibility index (Phi) is 5.71. The summed E-state index contributed by atoms with van der Waals surface area (Å²) in [7, 11) is 2.09. The van der Waals surface area contributed by atoms with E-state index in [4.69, 9.17) is 0 Å². The summed E-state index contributed by atoms with van der Waals surface area (Å²) in [5.41, 5.74) is 1.30. The van der Waals surface area contributed by atoms with Crippen LogP contribution >= 0.6 is 15.9 Å². The van der Waals surface area contributed by atoms with Crippen LogP contribution in [0.5, 0.6) is 0 Å². The molecule has 1 rings (SSSR count). The lowest BCUT2D eigenvalue weighted by molar-refractivity contribution is -0.117. The van der Waals surface area contributed by atoms with Crippen LogP contribution < -0.4 is 0 Å². The molecule has 0 saturated heterocycles. The van der Waals surface area contributed by atoms with Gasteiger partial charge in [0.2, 0.25) is 0 Å². The molecule has 1 aromatic rings. The molecule has 0 heterocycles. The van der Waals surface area contributed by atoms with E-state index in [0.29, 0.717) is 6.42 Å². The fraction of sp³-hybridized carbons (Fsp3) is 0.462. The number of nitrogens with zero attached hydrogens (tertiary/aromatic N) is 1. The molecule has 0 N–H and O–H groups in total. The number of Topliss-reactive ketones (excluding diaryl/α,β-unsaturated/α-hetero) is 1. The summed E-state index contributed by atoms with van der Waals surface area (Å²) in [5, 5.41) is 0. The van der Waals surface area contributed by atoms with E-state index < -0.39 is 0 Å². The van der Waals surface area contributed by atoms with Gasteiger partial charge in [-0.05, 0) is 44.6 Å². The first kappa shape index (κ1) is 13.4. The maximum atomic E-state index is 10.8. The Labute approximate surface area is 106 Å². The van der Waals surface area contributed by atoms with Crippen LogP contribution in [0.25, 0.3) is 0 Å². The van der Waals surface area contributed by atoms with Gasteiger partial charge >= 0.3 is 0 Å². The average Bonchev–Trinajstić information content (AvgIpc) is 2.21. The molecule has 0 saturated carbocycles. The van der Waals surface area contributed by atoms with Crippen LogP contribution in [0.4, 0.5) is 0 Å². The summed E-state index contributed by atoms with van der Waals surface area (Å²) < 4.78 is 1.11. The van der Waals surface area contributed by atoms with Gasteiger partial charge in [0, 0.05) is 17.4 Å². The Bertz CT molecular complexity index is 334. The third-order valence-electron chi connectivity index (χ3n) is 2.43. The lowest BCUT2D eigenvalue weighted by atomic mass is 10.2. The number of benzene rings is 1. The fourth-order valence-electron chi connectivity index (χ4n) is 1.58. The zero-order valence-corrected chi connectivity index (χ0v) is 11.5. The van der Waals surface area contributed by atoms with Crippen LogP contribution in [0.1, 0.15) is 25.3 Å². The Hall–Kier alpha value is -0.670. The topological polar surface area (TPSA) is 20.3 Å². The molecular weight excluding hydrogens is 266 g/mol. The highest BCUT2D eigenvalue weighted by Crippen LogP contribution is 2.11. The zero-order chi connectivity index (χ0) is 12.0. The molecular formula is C13H18BrNO. The van der Waals surface area contributed by atoms with Crippen molar-refractivity contribution in [3.8, 4) is 0 Å². The van der Waals surface area contributed by atoms with Crippen molar-refractivity contribution in [3.63, 3.8) is 0 Å². The Morgan fingerprint density at radius 2 is 1.94 bits per heavy atom. The third kappa shape index (κ3) is 5.42. The minimum atomic E-state index is 0.275. The van der Waals surface area contributed by atoms with Crippen molar-refractivity contribution in [2.24, 2.45) is 0 Å². The van der Waals surface area contributed by atoms with E-state index in [9.17, 15) is 4.79 Å². The molecule has 16 heavy (non-hydrogen) atoms. The Morgan fingerprint density at radius 1 is 1.31 bits per heavy atom. The summed E-state index contributed by atoms with van der Waals surface area (Å²) in [4.78, 5) is 13.0. The normalized spacial score (nSPS) is 10.8. The van der Waals surface area contributed by atoms with Crippen LogP contribution in [0.2, 0.25) is 0 Å². The molecule has 1 aromatic carbocycles. The number of hydrogen-bond acceptors (Lipinski definition) is 2. The summed E-state index contributed by atoms with van der Waals surface area (Å²) in [6.07, 6.45) is 1.63. The Balaban J connectivity index is 2.31. The highest BCUT2D eigenvalue weighted by Gasteiger charge is 2.01. The number of carbonyl (C=O) groups excluding carboxylic acids is 1. The second-order valence-corrected chi connectivity index (χ2v) is 5.09. The van der Waals surface area contributed by atoms with Gasteiger partial charge in [0.15, 0.2) is 0 Å². The van der Waals surface area contributed by atoms with Crippen molar-refractivity contribution in [3.05, 3.63) is 34.3 Å². The summed E-state index contributed by atoms with van der Waals surface area (Å²) in [6, 6.07) is 8.34. The van der Waals surface area contributed by atoms with Crippen molar-refractivity contribution in [2.45, 2.75) is 26.3 Å². The molecule has 2 nitrogen and oxygen atoms in total. The molecule has 0 aliphatic carbocycles. The van der Waals surface area contributed by atoms with Gasteiger partial charge in [0.05, 0.1) is 0 Å². The van der Waals surface area contributed by atoms with Crippen LogP contribution in [-0.4, -0.2) is 24.3 Å². The summed E-state index contributed by atoms with van der Waals surface area (Å²) in [6.45, 7) is 3.55. The minimum absolute atomic E-state index is 0.275. The Morgan fingerprint density at radius 3 is 2.50 bits per heavy atom. The maximum absolute atomic E-state index is 10.8. The number of rotatable bonds is 6. The molecule has 0 spiro atoms. The number of hydrogen-bond donors (Lipinski definition) is 0. The van der Waals surface area contributed by atoms with Gasteiger partial charge in [-0.25, -0.2) is 0 Å². The first-order valence-electron chi connectivity index (χ1n) is 5.50. The predicted octanol–water partition coefficient (Wildman–Crippen LogP) is 3.25. The molecule has 3 heteroatoms. The highest BCUT2D eigenvalue weighted by molar-refractivity contribution is 9.10. The maximum Gasteiger partial charge on any atom is 0.129 e. The molecule has 0 amide bonds. The highest BCUT2D eigenvalue weighted by atomic mass is 79.9. The van der Waals surface area contributed by atoms with Crippen LogP contribution in [0.15, 0.2) is 28.7 Å². The second kappa shape index (κ2) is 6.81. The minimum Gasteiger partial charge on any atom is -0.302 e. The van der Waals surface area contributed by atoms with Gasteiger partial charge in [-0.3, -0.25) is 0 Å². The molecule has 0 atom stereocenters. The molecule has 0 aromatic heterocycles. The van der Waals surface area contributed by atoms with Crippen molar-refractivity contribution in [1.82, 2.24) is 4.90 Å². The molecule has 0 unspecified atom stereocenters. The zero-order valence-electron chi connectivity index (χ0n) is 9.87. The van der Waals surface area contributed by atoms with E-state index in [0.717, 1.165) is 24.0 Å². The van der Waals surface area contributed by atoms with E-state index >= 15 is 0 Å². The van der Waals surface area contributed by atoms with Crippen LogP contribution in [-0.2, 0) is 11.3 Å². The van der Waals surface area contributed by atoms with Crippen molar-refractivity contribution >= 4 is 21.7 Å². The lowest BCUT2D eigenvalue weighted by Crippen LogP contribution is -2.19. The average molecular weight is 284 g/mol. The smallest absolute Gasteiger partial charge is 0.129 e. The van der Waals surface area contributed by atoms with E-state index in [2.05, 4.69) is 52.1 Å². The quantitative estimate of drug-likeness (QED) is 0.799. The largest absolute Gasteiger partial charge is 0.302 e. The van der Waals surface area contributed by atoms with Crippen LogP contribution in [0.3, 0.4) is 0 Å². The van der Waals surface area contributed by atoms with Crippen LogP contribution in [0, 0.1) is 0 Å². The van der Waals surface area contributed by atoms with Crippen molar-refractivity contribution in [2.75, 3.05) is 13.6 Å². The molecule has 0 radical (unpaired) electrons. The lowest BCUT2D eigenvalue weighted by Gasteiger charge is -2.16. The molecule has 0 aliphatic heterocycles. The summed E-state index contributed by atoms with van der Waals surface area (Å²) >= 11 is 3.42. The predicted molar refractivity (Wildman–Crippen MR) is 70.4 cm³/mol. The van der Waals surface area contributed by atoms with Gasteiger partial charge in [-0.15, -0.1) is 0 Å². The monoisotopic (exact) mass is 283 g/mol. The standard InChI is InChI=1S/C13H18BrNO/c1-11(16)4-3-9-15(2)10-12-5-7-13(14)8-6-12/h5-8H,3-4,9-10H2,1-2H3. The molecule has 0 fully saturated rings. The molecule has 88 valence electrons. The molecule has 0 aliphatic rings. The third-order valence-corrected chi connectivity index (χ3v) is 2.96. The fourth-order valence-corrected chi connectivity index (χ4v) is 1.84. The molecule has 0 bridgehead atoms.